The molecule has 1 unspecified atom stereocenters. The molecule has 7 aromatic carbocycles. The molecular formula is C42H27ClN12O28S7. The number of halogens is 1. The molecule has 8 rings (SSSR count). The van der Waals surface area contributed by atoms with Crippen molar-refractivity contribution in [1.29, 1.82) is 0 Å². The van der Waals surface area contributed by atoms with E-state index in [0.29, 0.717) is 47.5 Å². The highest BCUT2D eigenvalue weighted by Gasteiger charge is 2.42. The van der Waals surface area contributed by atoms with Gasteiger partial charge in [-0.15, -0.1) is 25.6 Å². The molecule has 1 heterocycles. The molecule has 472 valence electrons. The molecule has 40 nitrogen and oxygen atoms in total. The number of rotatable bonds is 18. The van der Waals surface area contributed by atoms with Gasteiger partial charge in [-0.3, -0.25) is 46.8 Å². The van der Waals surface area contributed by atoms with Gasteiger partial charge in [-0.05, 0) is 72.8 Å². The van der Waals surface area contributed by atoms with E-state index >= 15 is 0 Å². The van der Waals surface area contributed by atoms with Gasteiger partial charge >= 0.3 is 5.97 Å². The maximum atomic E-state index is 13.3. The van der Waals surface area contributed by atoms with Crippen molar-refractivity contribution in [3.05, 3.63) is 100 Å². The highest BCUT2D eigenvalue weighted by molar-refractivity contribution is 7.87. The Bertz CT molecular complexity index is 5420. The predicted molar refractivity (Wildman–Crippen MR) is 299 cm³/mol. The number of nitro benzene ring substituents is 1. The van der Waals surface area contributed by atoms with Crippen molar-refractivity contribution in [3.63, 3.8) is 0 Å². The summed E-state index contributed by atoms with van der Waals surface area (Å²) in [7, 11) is -38.7. The lowest BCUT2D eigenvalue weighted by Gasteiger charge is -2.15. The van der Waals surface area contributed by atoms with Gasteiger partial charge in [-0.2, -0.15) is 84.4 Å². The van der Waals surface area contributed by atoms with E-state index in [1.807, 2.05) is 0 Å². The van der Waals surface area contributed by atoms with E-state index < -0.39 is 223 Å². The normalized spacial score (nSPS) is 14.9. The summed E-state index contributed by atoms with van der Waals surface area (Å²) in [5.74, 6) is -6.20. The van der Waals surface area contributed by atoms with Crippen molar-refractivity contribution in [3.8, 4) is 11.5 Å². The number of carboxylic acids is 1. The molecule has 12 N–H and O–H groups in total. The molecule has 0 aliphatic carbocycles. The number of carboxylic acid groups (broad SMARTS) is 1. The Morgan fingerprint density at radius 3 is 1.59 bits per heavy atom. The number of aromatic hydroxyl groups is 2. The van der Waals surface area contributed by atoms with E-state index in [0.717, 1.165) is 24.3 Å². The number of anilines is 2. The van der Waals surface area contributed by atoms with E-state index in [4.69, 9.17) is 17.3 Å². The number of nitro groups is 1. The number of amides is 1. The van der Waals surface area contributed by atoms with Gasteiger partial charge in [0.25, 0.3) is 82.4 Å². The lowest BCUT2D eigenvalue weighted by molar-refractivity contribution is -0.385. The van der Waals surface area contributed by atoms with Gasteiger partial charge in [0.2, 0.25) is 6.04 Å². The Hall–Kier alpha value is -9.47. The first-order chi connectivity index (χ1) is 41.3. The fourth-order valence-corrected chi connectivity index (χ4v) is 12.9. The number of benzene rings is 7. The number of phenolic OH excluding ortho intramolecular Hbond substituents is 2. The number of nitrogen functional groups attached to an aromatic ring is 1. The third-order valence-electron chi connectivity index (χ3n) is 11.9. The number of hydrogen-bond donors (Lipinski definition) is 11. The third kappa shape index (κ3) is 13.3. The molecule has 1 aliphatic rings. The molecule has 0 saturated carbocycles. The zero-order valence-electron chi connectivity index (χ0n) is 42.7. The minimum atomic E-state index is -5.82. The number of nitrogens with zero attached hydrogens (tertiary/aromatic N) is 11. The second kappa shape index (κ2) is 23.2. The summed E-state index contributed by atoms with van der Waals surface area (Å²) in [5.41, 5.74) is -4.79. The fourth-order valence-electron chi connectivity index (χ4n) is 8.03. The second-order valence-corrected chi connectivity index (χ2v) is 27.7. The predicted octanol–water partition coefficient (Wildman–Crippen LogP) is 6.46. The number of phenols is 2. The number of carbonyl (C=O) groups excluding carboxylic acids is 1. The topological polar surface area (TPSA) is 659 Å². The largest absolute Gasteiger partial charge is 0.505 e. The average molecular weight is 1410 g/mol. The summed E-state index contributed by atoms with van der Waals surface area (Å²) < 4.78 is 246. The molecule has 48 heteroatoms. The molecule has 0 fully saturated rings. The molecule has 1 atom stereocenters. The SMILES string of the molecule is Nc1c(N=Nc2ccc3c(O)c(N=Nc4cc(Cl)c(N=NC5C(=O)N(c6ccc(S(=O)(=O)O)cc6)N=C5C(=O)O)c(S(=O)(=O)O)c4)c(S(=O)(=O)O)cc3c2S(=O)(=O)O)cc(S(=O)(=O)O)c2cc(S(=O)(=O)O)c(N=Nc3ccc([N+](=O)[O-])cc3S(=O)(=O)O)c(O)c12. The van der Waals surface area contributed by atoms with Crippen LogP contribution in [-0.2, 0) is 80.4 Å². The monoisotopic (exact) mass is 1410 g/mol. The minimum Gasteiger partial charge on any atom is -0.505 e. The number of aliphatic carboxylic acids is 1. The quantitative estimate of drug-likeness (QED) is 0.0144. The zero-order chi connectivity index (χ0) is 67.1. The smallest absolute Gasteiger partial charge is 0.355 e. The number of carbonyl (C=O) groups is 2. The summed E-state index contributed by atoms with van der Waals surface area (Å²) in [5, 5.41) is 71.3. The number of hydrazone groups is 1. The van der Waals surface area contributed by atoms with Crippen LogP contribution in [-0.4, -0.2) is 135 Å². The van der Waals surface area contributed by atoms with Crippen molar-refractivity contribution in [2.45, 2.75) is 40.3 Å². The molecule has 90 heavy (non-hydrogen) atoms. The highest BCUT2D eigenvalue weighted by atomic mass is 35.5. The molecule has 1 aliphatic heterocycles. The van der Waals surface area contributed by atoms with Crippen LogP contribution in [0, 0.1) is 10.1 Å². The van der Waals surface area contributed by atoms with Gasteiger partial charge in [0.15, 0.2) is 17.2 Å². The molecule has 7 aromatic rings. The van der Waals surface area contributed by atoms with E-state index in [2.05, 4.69) is 46.0 Å². The number of hydrogen-bond acceptors (Lipinski definition) is 30. The van der Waals surface area contributed by atoms with Gasteiger partial charge in [0, 0.05) is 28.3 Å². The summed E-state index contributed by atoms with van der Waals surface area (Å²) in [6, 6.07) is 5.89. The molecule has 1 amide bonds. The van der Waals surface area contributed by atoms with Crippen LogP contribution in [0.15, 0.2) is 165 Å². The highest BCUT2D eigenvalue weighted by Crippen LogP contribution is 2.50. The van der Waals surface area contributed by atoms with Crippen LogP contribution < -0.4 is 10.7 Å². The first-order valence-electron chi connectivity index (χ1n) is 22.6. The number of azo groups is 4. The lowest BCUT2D eigenvalue weighted by atomic mass is 10.0. The van der Waals surface area contributed by atoms with Gasteiger partial charge in [-0.25, -0.2) is 4.79 Å². The summed E-state index contributed by atoms with van der Waals surface area (Å²) in [4.78, 5) is 26.2. The Labute approximate surface area is 504 Å². The van der Waals surface area contributed by atoms with Crippen molar-refractivity contribution < 1.29 is 121 Å². The molecule has 0 aromatic heterocycles. The van der Waals surface area contributed by atoms with Crippen LogP contribution >= 0.6 is 11.6 Å². The zero-order valence-corrected chi connectivity index (χ0v) is 49.2. The Morgan fingerprint density at radius 1 is 0.544 bits per heavy atom. The number of non-ortho nitro benzene ring substituents is 1. The van der Waals surface area contributed by atoms with Crippen LogP contribution in [0.4, 0.5) is 56.9 Å². The van der Waals surface area contributed by atoms with Crippen molar-refractivity contribution in [1.82, 2.24) is 0 Å². The van der Waals surface area contributed by atoms with Crippen LogP contribution in [0.2, 0.25) is 5.02 Å². The first-order valence-corrected chi connectivity index (χ1v) is 33.1. The Morgan fingerprint density at radius 2 is 1.06 bits per heavy atom. The van der Waals surface area contributed by atoms with Crippen LogP contribution in [0.25, 0.3) is 21.5 Å². The minimum absolute atomic E-state index is 0.222. The van der Waals surface area contributed by atoms with Crippen molar-refractivity contribution >= 4 is 178 Å². The second-order valence-electron chi connectivity index (χ2n) is 17.5. The van der Waals surface area contributed by atoms with Crippen molar-refractivity contribution in [2.24, 2.45) is 46.0 Å². The van der Waals surface area contributed by atoms with Crippen molar-refractivity contribution in [2.75, 3.05) is 10.7 Å². The van der Waals surface area contributed by atoms with E-state index in [9.17, 15) is 126 Å². The van der Waals surface area contributed by atoms with Gasteiger partial charge in [-0.1, -0.05) is 11.6 Å². The maximum Gasteiger partial charge on any atom is 0.355 e. The molecule has 0 radical (unpaired) electrons. The first kappa shape index (κ1) is 66.5. The lowest BCUT2D eigenvalue weighted by Crippen LogP contribution is -2.33. The maximum absolute atomic E-state index is 13.3. The summed E-state index contributed by atoms with van der Waals surface area (Å²) >= 11 is 6.27. The summed E-state index contributed by atoms with van der Waals surface area (Å²) in [6.45, 7) is 0. The number of fused-ring (bicyclic) bond motifs is 2. The van der Waals surface area contributed by atoms with E-state index in [-0.39, 0.29) is 23.9 Å². The molecule has 0 saturated heterocycles. The van der Waals surface area contributed by atoms with Gasteiger partial charge in [0.1, 0.15) is 63.5 Å². The fraction of sp³-hybridized carbons (Fsp3) is 0.0238. The molecule has 0 bridgehead atoms. The Balaban J connectivity index is 1.22. The van der Waals surface area contributed by atoms with Crippen LogP contribution in [0.5, 0.6) is 11.5 Å². The van der Waals surface area contributed by atoms with E-state index in [1.54, 1.807) is 0 Å². The van der Waals surface area contributed by atoms with Gasteiger partial charge in [0.05, 0.1) is 37.3 Å². The van der Waals surface area contributed by atoms with Crippen LogP contribution in [0.1, 0.15) is 0 Å². The van der Waals surface area contributed by atoms with Gasteiger partial charge < -0.3 is 21.1 Å². The third-order valence-corrected chi connectivity index (χ3v) is 18.3. The molecule has 0 spiro atoms. The molecular weight excluding hydrogens is 1380 g/mol. The van der Waals surface area contributed by atoms with Crippen LogP contribution in [0.3, 0.4) is 0 Å². The average Bonchev–Trinajstić information content (AvgIpc) is 0.897. The number of nitrogens with two attached hydrogens (primary N) is 1. The Kier molecular flexibility index (Phi) is 17.1. The standard InChI is InChI=1S/C42H27ClN12O28S7/c43-22-9-15(10-28(87(72,73)74)33(22)49-52-36-37(42(59)60)53-54(41(36)58)16-1-4-18(5-2-16)84(63,64)65)45-50-34-29(88(75,76)77)12-20-19(38(34)56)6-8-24(40(20)90(81,82)83)47-48-25-14-26(85(66,67)68)21-13-30(89(78,79)80)35(39(57)31(21)32(25)44)51-46-23-7-3-17(55(61)62)11-27(23)86(69,70)71/h1-14,36,56-57H,44H2,(H,59,60)(H,63,64,65)(H,66,67,68)(H,69,70,71)(H,72,73,74)(H,75,76,77)(H,78,79,80)(H,81,82,83). The van der Waals surface area contributed by atoms with E-state index in [1.165, 1.54) is 0 Å². The summed E-state index contributed by atoms with van der Waals surface area (Å²) in [6.07, 6.45) is 0.